The summed E-state index contributed by atoms with van der Waals surface area (Å²) in [7, 11) is 0. The number of nitrogens with one attached hydrogen (secondary N) is 1. The first-order chi connectivity index (χ1) is 13.6. The van der Waals surface area contributed by atoms with Gasteiger partial charge in [0, 0.05) is 30.9 Å². The van der Waals surface area contributed by atoms with Gasteiger partial charge >= 0.3 is 0 Å². The summed E-state index contributed by atoms with van der Waals surface area (Å²) in [5.41, 5.74) is 13.4. The number of rotatable bonds is 4. The molecular weight excluding hydrogens is 359 g/mol. The molecule has 142 valence electrons. The summed E-state index contributed by atoms with van der Waals surface area (Å²) in [5, 5.41) is 3.49. The highest BCUT2D eigenvalue weighted by Crippen LogP contribution is 2.23. The Morgan fingerprint density at radius 1 is 1.29 bits per heavy atom. The van der Waals surface area contributed by atoms with Crippen LogP contribution in [0.1, 0.15) is 34.3 Å². The topological polar surface area (TPSA) is 112 Å². The fourth-order valence-corrected chi connectivity index (χ4v) is 2.94. The third kappa shape index (κ3) is 3.52. The van der Waals surface area contributed by atoms with Gasteiger partial charge in [-0.25, -0.2) is 14.4 Å². The van der Waals surface area contributed by atoms with E-state index in [4.69, 9.17) is 11.5 Å². The predicted molar refractivity (Wildman–Crippen MR) is 104 cm³/mol. The monoisotopic (exact) mass is 378 g/mol. The molecule has 28 heavy (non-hydrogen) atoms. The summed E-state index contributed by atoms with van der Waals surface area (Å²) in [6, 6.07) is 4.39. The van der Waals surface area contributed by atoms with Crippen LogP contribution < -0.4 is 16.8 Å². The number of nitrogens with two attached hydrogens (primary N) is 2. The van der Waals surface area contributed by atoms with Crippen molar-refractivity contribution in [2.45, 2.75) is 25.4 Å². The van der Waals surface area contributed by atoms with Crippen molar-refractivity contribution in [2.75, 3.05) is 12.3 Å². The third-order valence-electron chi connectivity index (χ3n) is 4.53. The third-order valence-corrected chi connectivity index (χ3v) is 4.53. The number of carbonyl (C=O) groups excluding carboxylic acids is 1. The highest BCUT2D eigenvalue weighted by molar-refractivity contribution is 5.95. The molecule has 0 spiro atoms. The van der Waals surface area contributed by atoms with E-state index in [9.17, 15) is 9.18 Å². The zero-order valence-electron chi connectivity index (χ0n) is 15.1. The molecule has 0 radical (unpaired) electrons. The number of hydrogen-bond donors (Lipinski definition) is 3. The molecule has 1 aliphatic rings. The largest absolute Gasteiger partial charge is 0.383 e. The predicted octanol–water partition coefficient (Wildman–Crippen LogP) is 1.40. The number of fused-ring (bicyclic) bond motifs is 1. The zero-order valence-corrected chi connectivity index (χ0v) is 15.1. The Balaban J connectivity index is 1.72. The van der Waals surface area contributed by atoms with Gasteiger partial charge in [0.1, 0.15) is 23.6 Å². The summed E-state index contributed by atoms with van der Waals surface area (Å²) in [6.07, 6.45) is 5.12. The lowest BCUT2D eigenvalue weighted by atomic mass is 10.1. The van der Waals surface area contributed by atoms with Gasteiger partial charge < -0.3 is 21.4 Å². The van der Waals surface area contributed by atoms with E-state index in [0.29, 0.717) is 41.1 Å². The number of anilines is 1. The van der Waals surface area contributed by atoms with E-state index in [1.54, 1.807) is 6.20 Å². The molecule has 8 heteroatoms. The summed E-state index contributed by atoms with van der Waals surface area (Å²) < 4.78 is 16.1. The molecule has 1 amide bonds. The maximum absolute atomic E-state index is 14.2. The van der Waals surface area contributed by atoms with E-state index in [-0.39, 0.29) is 17.5 Å². The van der Waals surface area contributed by atoms with Crippen LogP contribution in [0.2, 0.25) is 0 Å². The quantitative estimate of drug-likeness (QED) is 0.594. The second-order valence-electron chi connectivity index (χ2n) is 6.67. The van der Waals surface area contributed by atoms with Crippen LogP contribution in [0.4, 0.5) is 10.2 Å². The molecule has 1 fully saturated rings. The summed E-state index contributed by atoms with van der Waals surface area (Å²) in [4.78, 5) is 20.5. The van der Waals surface area contributed by atoms with Crippen LogP contribution in [0.25, 0.3) is 11.0 Å². The van der Waals surface area contributed by atoms with Crippen LogP contribution in [0, 0.1) is 17.7 Å². The lowest BCUT2D eigenvalue weighted by Gasteiger charge is -2.04. The second kappa shape index (κ2) is 7.29. The Bertz CT molecular complexity index is 1120. The first-order valence-corrected chi connectivity index (χ1v) is 8.98. The molecule has 2 heterocycles. The van der Waals surface area contributed by atoms with E-state index in [0.717, 1.165) is 12.8 Å². The summed E-state index contributed by atoms with van der Waals surface area (Å²) in [5.74, 6) is 5.33. The zero-order chi connectivity index (χ0) is 19.7. The van der Waals surface area contributed by atoms with Gasteiger partial charge in [0.05, 0.1) is 16.5 Å². The van der Waals surface area contributed by atoms with Crippen molar-refractivity contribution in [1.82, 2.24) is 19.9 Å². The number of hydrogen-bond acceptors (Lipinski definition) is 5. The highest BCUT2D eigenvalue weighted by Gasteiger charge is 2.24. The average molecular weight is 378 g/mol. The molecular formula is C20H19FN6O. The normalized spacial score (nSPS) is 13.2. The van der Waals surface area contributed by atoms with Crippen molar-refractivity contribution in [3.05, 3.63) is 53.2 Å². The van der Waals surface area contributed by atoms with Crippen LogP contribution in [0.3, 0.4) is 0 Å². The number of nitrogens with zero attached hydrogens (tertiary/aromatic N) is 3. The molecule has 0 atom stereocenters. The van der Waals surface area contributed by atoms with Gasteiger partial charge in [-0.2, -0.15) is 0 Å². The SMILES string of the molecule is NCCn1cc(C#Cc2cc(C(=O)NC3CC3)ccc2F)c2c(N)ncnc21. The molecule has 5 N–H and O–H groups in total. The minimum atomic E-state index is -0.495. The molecule has 3 aromatic rings. The Kier molecular flexibility index (Phi) is 4.67. The van der Waals surface area contributed by atoms with Crippen LogP contribution >= 0.6 is 0 Å². The molecule has 0 unspecified atom stereocenters. The Morgan fingerprint density at radius 2 is 2.07 bits per heavy atom. The Morgan fingerprint density at radius 3 is 2.82 bits per heavy atom. The van der Waals surface area contributed by atoms with E-state index >= 15 is 0 Å². The molecule has 0 saturated heterocycles. The smallest absolute Gasteiger partial charge is 0.251 e. The van der Waals surface area contributed by atoms with Crippen molar-refractivity contribution in [3.8, 4) is 11.8 Å². The van der Waals surface area contributed by atoms with Gasteiger partial charge in [-0.3, -0.25) is 4.79 Å². The van der Waals surface area contributed by atoms with Gasteiger partial charge in [0.25, 0.3) is 5.91 Å². The number of amides is 1. The molecule has 1 aromatic carbocycles. The van der Waals surface area contributed by atoms with Crippen LogP contribution in [0.5, 0.6) is 0 Å². The summed E-state index contributed by atoms with van der Waals surface area (Å²) >= 11 is 0. The molecule has 0 bridgehead atoms. The Labute approximate surface area is 160 Å². The van der Waals surface area contributed by atoms with Gasteiger partial charge in [-0.15, -0.1) is 0 Å². The Hall–Kier alpha value is -3.44. The van der Waals surface area contributed by atoms with E-state index < -0.39 is 5.82 Å². The molecule has 7 nitrogen and oxygen atoms in total. The first-order valence-electron chi connectivity index (χ1n) is 8.98. The van der Waals surface area contributed by atoms with Gasteiger partial charge in [-0.1, -0.05) is 11.8 Å². The molecule has 2 aromatic heterocycles. The fourth-order valence-electron chi connectivity index (χ4n) is 2.94. The lowest BCUT2D eigenvalue weighted by Crippen LogP contribution is -2.25. The van der Waals surface area contributed by atoms with Gasteiger partial charge in [0.15, 0.2) is 0 Å². The fraction of sp³-hybridized carbons (Fsp3) is 0.250. The number of nitrogen functional groups attached to an aromatic ring is 1. The maximum atomic E-state index is 14.2. The number of carbonyl (C=O) groups is 1. The minimum absolute atomic E-state index is 0.138. The minimum Gasteiger partial charge on any atom is -0.383 e. The average Bonchev–Trinajstić information content (AvgIpc) is 3.42. The van der Waals surface area contributed by atoms with Crippen molar-refractivity contribution in [3.63, 3.8) is 0 Å². The van der Waals surface area contributed by atoms with Crippen molar-refractivity contribution < 1.29 is 9.18 Å². The highest BCUT2D eigenvalue weighted by atomic mass is 19.1. The van der Waals surface area contributed by atoms with Crippen molar-refractivity contribution in [1.29, 1.82) is 0 Å². The molecule has 1 aliphatic carbocycles. The standard InChI is InChI=1S/C20H19FN6O/c21-16-6-3-13(20(28)26-15-4-5-15)9-12(16)1-2-14-10-27(8-7-22)19-17(14)18(23)24-11-25-19/h3,6,9-11,15H,4-5,7-8,22H2,(H,26,28)(H2,23,24,25). The maximum Gasteiger partial charge on any atom is 0.251 e. The van der Waals surface area contributed by atoms with Crippen molar-refractivity contribution in [2.24, 2.45) is 5.73 Å². The van der Waals surface area contributed by atoms with Crippen LogP contribution in [-0.2, 0) is 6.54 Å². The summed E-state index contributed by atoms with van der Waals surface area (Å²) in [6.45, 7) is 0.965. The van der Waals surface area contributed by atoms with E-state index in [2.05, 4.69) is 27.1 Å². The molecule has 4 rings (SSSR count). The van der Waals surface area contributed by atoms with Crippen LogP contribution in [-0.4, -0.2) is 33.0 Å². The number of aromatic nitrogens is 3. The van der Waals surface area contributed by atoms with Crippen LogP contribution in [0.15, 0.2) is 30.7 Å². The van der Waals surface area contributed by atoms with E-state index in [1.807, 2.05) is 4.57 Å². The van der Waals surface area contributed by atoms with E-state index in [1.165, 1.54) is 24.5 Å². The van der Waals surface area contributed by atoms with Crippen molar-refractivity contribution >= 4 is 22.8 Å². The van der Waals surface area contributed by atoms with Gasteiger partial charge in [-0.05, 0) is 31.0 Å². The molecule has 1 saturated carbocycles. The lowest BCUT2D eigenvalue weighted by molar-refractivity contribution is 0.0951. The molecule has 0 aliphatic heterocycles. The number of halogens is 1. The first kappa shape index (κ1) is 17.9. The van der Waals surface area contributed by atoms with Gasteiger partial charge in [0.2, 0.25) is 0 Å². The second-order valence-corrected chi connectivity index (χ2v) is 6.67. The number of benzene rings is 1.